The van der Waals surface area contributed by atoms with E-state index < -0.39 is 0 Å². The largest absolute Gasteiger partial charge is 0.387 e. The van der Waals surface area contributed by atoms with Gasteiger partial charge in [-0.2, -0.15) is 0 Å². The summed E-state index contributed by atoms with van der Waals surface area (Å²) >= 11 is 0. The van der Waals surface area contributed by atoms with Gasteiger partial charge in [0, 0.05) is 25.7 Å². The molecule has 12 heavy (non-hydrogen) atoms. The van der Waals surface area contributed by atoms with Crippen molar-refractivity contribution in [1.29, 1.82) is 0 Å². The Bertz CT molecular complexity index is 180. The van der Waals surface area contributed by atoms with Gasteiger partial charge in [0.05, 0.1) is 5.70 Å². The van der Waals surface area contributed by atoms with Gasteiger partial charge in [-0.15, -0.1) is 6.58 Å². The predicted molar refractivity (Wildman–Crippen MR) is 54.8 cm³/mol. The molecule has 0 aliphatic carbocycles. The molecule has 0 aliphatic heterocycles. The highest BCUT2D eigenvalue weighted by molar-refractivity contribution is 5.22. The molecule has 68 valence electrons. The highest BCUT2D eigenvalue weighted by atomic mass is 14.9. The molecule has 0 aromatic heterocycles. The normalized spacial score (nSPS) is 11.5. The molecular formula is C10H18N2. The molecule has 0 amide bonds. The van der Waals surface area contributed by atoms with Crippen LogP contribution >= 0.6 is 0 Å². The molecule has 0 saturated heterocycles. The minimum atomic E-state index is 0.843. The number of rotatable bonds is 6. The summed E-state index contributed by atoms with van der Waals surface area (Å²) in [6, 6.07) is 0. The molecule has 2 N–H and O–H groups in total. The van der Waals surface area contributed by atoms with E-state index in [4.69, 9.17) is 0 Å². The molecule has 0 rings (SSSR count). The minimum absolute atomic E-state index is 0.843. The van der Waals surface area contributed by atoms with Crippen molar-refractivity contribution in [3.63, 3.8) is 0 Å². The molecular weight excluding hydrogens is 148 g/mol. The zero-order valence-corrected chi connectivity index (χ0v) is 7.98. The van der Waals surface area contributed by atoms with Gasteiger partial charge < -0.3 is 10.6 Å². The molecule has 0 heterocycles. The van der Waals surface area contributed by atoms with Crippen LogP contribution in [-0.4, -0.2) is 13.6 Å². The van der Waals surface area contributed by atoms with E-state index in [0.29, 0.717) is 0 Å². The van der Waals surface area contributed by atoms with Crippen LogP contribution in [-0.2, 0) is 0 Å². The van der Waals surface area contributed by atoms with Crippen molar-refractivity contribution in [2.24, 2.45) is 0 Å². The fourth-order valence-electron chi connectivity index (χ4n) is 1.01. The fourth-order valence-corrected chi connectivity index (χ4v) is 1.01. The van der Waals surface area contributed by atoms with Crippen LogP contribution in [0.5, 0.6) is 0 Å². The highest BCUT2D eigenvalue weighted by Crippen LogP contribution is 2.03. The Hall–Kier alpha value is -1.18. The van der Waals surface area contributed by atoms with Crippen LogP contribution in [0.1, 0.15) is 13.3 Å². The van der Waals surface area contributed by atoms with E-state index in [-0.39, 0.29) is 0 Å². The van der Waals surface area contributed by atoms with E-state index in [1.807, 2.05) is 19.2 Å². The van der Waals surface area contributed by atoms with Gasteiger partial charge in [-0.25, -0.2) is 0 Å². The first-order valence-corrected chi connectivity index (χ1v) is 4.18. The Morgan fingerprint density at radius 1 is 1.42 bits per heavy atom. The van der Waals surface area contributed by atoms with Crippen molar-refractivity contribution in [1.82, 2.24) is 10.6 Å². The standard InChI is InChI=1S/C10H18N2/c1-5-8-10(12-7-3)9(6-2)11-4/h5-6,11-12H,1-2,7-8H2,3-4H3/b10-9-. The van der Waals surface area contributed by atoms with E-state index in [1.54, 1.807) is 0 Å². The van der Waals surface area contributed by atoms with Gasteiger partial charge in [-0.3, -0.25) is 0 Å². The first kappa shape index (κ1) is 10.8. The van der Waals surface area contributed by atoms with Crippen LogP contribution in [0.25, 0.3) is 0 Å². The van der Waals surface area contributed by atoms with Crippen molar-refractivity contribution in [2.45, 2.75) is 13.3 Å². The first-order valence-electron chi connectivity index (χ1n) is 4.18. The van der Waals surface area contributed by atoms with Crippen molar-refractivity contribution >= 4 is 0 Å². The third-order valence-corrected chi connectivity index (χ3v) is 1.54. The average molecular weight is 166 g/mol. The molecule has 0 bridgehead atoms. The van der Waals surface area contributed by atoms with Crippen molar-refractivity contribution in [3.8, 4) is 0 Å². The Kier molecular flexibility index (Phi) is 5.88. The van der Waals surface area contributed by atoms with Gasteiger partial charge >= 0.3 is 0 Å². The predicted octanol–water partition coefficient (Wildman–Crippen LogP) is 1.79. The Balaban J connectivity index is 4.48. The molecule has 2 heteroatoms. The minimum Gasteiger partial charge on any atom is -0.387 e. The lowest BCUT2D eigenvalue weighted by molar-refractivity contribution is 0.794. The van der Waals surface area contributed by atoms with Gasteiger partial charge in [0.25, 0.3) is 0 Å². The summed E-state index contributed by atoms with van der Waals surface area (Å²) in [5.41, 5.74) is 2.18. The topological polar surface area (TPSA) is 24.1 Å². The van der Waals surface area contributed by atoms with Crippen molar-refractivity contribution in [2.75, 3.05) is 13.6 Å². The lowest BCUT2D eigenvalue weighted by Crippen LogP contribution is -2.18. The van der Waals surface area contributed by atoms with E-state index in [1.165, 1.54) is 0 Å². The molecule has 0 spiro atoms. The summed E-state index contributed by atoms with van der Waals surface area (Å²) in [6.07, 6.45) is 4.52. The van der Waals surface area contributed by atoms with E-state index in [2.05, 4.69) is 30.7 Å². The van der Waals surface area contributed by atoms with Gasteiger partial charge in [-0.1, -0.05) is 12.7 Å². The SMILES string of the molecule is C=CC/C(NCC)=C(\C=C)NC. The average Bonchev–Trinajstić information content (AvgIpc) is 2.07. The number of likely N-dealkylation sites (N-methyl/N-ethyl adjacent to an activating group) is 1. The molecule has 0 atom stereocenters. The van der Waals surface area contributed by atoms with Crippen molar-refractivity contribution in [3.05, 3.63) is 36.7 Å². The van der Waals surface area contributed by atoms with Crippen LogP contribution in [0.2, 0.25) is 0 Å². The fraction of sp³-hybridized carbons (Fsp3) is 0.400. The molecule has 0 aromatic carbocycles. The third kappa shape index (κ3) is 3.28. The quantitative estimate of drug-likeness (QED) is 0.464. The summed E-state index contributed by atoms with van der Waals surface area (Å²) < 4.78 is 0. The van der Waals surface area contributed by atoms with Crippen LogP contribution in [0.15, 0.2) is 36.7 Å². The molecule has 0 aliphatic rings. The first-order chi connectivity index (χ1) is 5.79. The second-order valence-corrected chi connectivity index (χ2v) is 2.37. The Morgan fingerprint density at radius 3 is 2.42 bits per heavy atom. The van der Waals surface area contributed by atoms with Crippen LogP contribution in [0.4, 0.5) is 0 Å². The third-order valence-electron chi connectivity index (χ3n) is 1.54. The number of allylic oxidation sites excluding steroid dienone is 2. The van der Waals surface area contributed by atoms with Gasteiger partial charge in [0.1, 0.15) is 0 Å². The van der Waals surface area contributed by atoms with Gasteiger partial charge in [0.15, 0.2) is 0 Å². The summed E-state index contributed by atoms with van der Waals surface area (Å²) in [5, 5.41) is 6.33. The molecule has 0 unspecified atom stereocenters. The number of hydrogen-bond acceptors (Lipinski definition) is 2. The maximum atomic E-state index is 3.72. The smallest absolute Gasteiger partial charge is 0.0527 e. The second-order valence-electron chi connectivity index (χ2n) is 2.37. The van der Waals surface area contributed by atoms with E-state index in [9.17, 15) is 0 Å². The zero-order chi connectivity index (χ0) is 9.40. The molecule has 0 saturated carbocycles. The van der Waals surface area contributed by atoms with Gasteiger partial charge in [0.2, 0.25) is 0 Å². The summed E-state index contributed by atoms with van der Waals surface area (Å²) in [5.74, 6) is 0. The van der Waals surface area contributed by atoms with Gasteiger partial charge in [-0.05, 0) is 13.0 Å². The summed E-state index contributed by atoms with van der Waals surface area (Å²) in [4.78, 5) is 0. The van der Waals surface area contributed by atoms with Crippen molar-refractivity contribution < 1.29 is 0 Å². The van der Waals surface area contributed by atoms with Crippen LogP contribution in [0.3, 0.4) is 0 Å². The molecule has 0 aromatic rings. The van der Waals surface area contributed by atoms with E-state index >= 15 is 0 Å². The molecule has 0 radical (unpaired) electrons. The molecule has 2 nitrogen and oxygen atoms in total. The maximum absolute atomic E-state index is 3.72. The summed E-state index contributed by atoms with van der Waals surface area (Å²) in [6.45, 7) is 10.4. The second kappa shape index (κ2) is 6.53. The highest BCUT2D eigenvalue weighted by Gasteiger charge is 1.97. The maximum Gasteiger partial charge on any atom is 0.0527 e. The lowest BCUT2D eigenvalue weighted by atomic mass is 10.2. The Labute approximate surface area is 75.1 Å². The van der Waals surface area contributed by atoms with Crippen LogP contribution in [0, 0.1) is 0 Å². The summed E-state index contributed by atoms with van der Waals surface area (Å²) in [7, 11) is 1.89. The lowest BCUT2D eigenvalue weighted by Gasteiger charge is -2.11. The number of nitrogens with one attached hydrogen (secondary N) is 2. The Morgan fingerprint density at radius 2 is 2.08 bits per heavy atom. The van der Waals surface area contributed by atoms with Crippen LogP contribution < -0.4 is 10.6 Å². The number of hydrogen-bond donors (Lipinski definition) is 2. The zero-order valence-electron chi connectivity index (χ0n) is 7.98. The molecule has 0 fully saturated rings. The monoisotopic (exact) mass is 166 g/mol. The van der Waals surface area contributed by atoms with E-state index in [0.717, 1.165) is 24.4 Å².